The van der Waals surface area contributed by atoms with Crippen LogP contribution in [0.25, 0.3) is 0 Å². The molecule has 0 amide bonds. The van der Waals surface area contributed by atoms with Crippen LogP contribution < -0.4 is 4.74 Å². The second-order valence-corrected chi connectivity index (χ2v) is 11.1. The van der Waals surface area contributed by atoms with Crippen LogP contribution in [0.15, 0.2) is 107 Å². The maximum atomic E-state index is 14.3. The lowest BCUT2D eigenvalue weighted by atomic mass is 9.80. The van der Waals surface area contributed by atoms with Gasteiger partial charge >= 0.3 is 5.97 Å². The lowest BCUT2D eigenvalue weighted by Gasteiger charge is -2.35. The summed E-state index contributed by atoms with van der Waals surface area (Å²) in [5.74, 6) is -0.244. The van der Waals surface area contributed by atoms with Crippen molar-refractivity contribution in [1.82, 2.24) is 9.29 Å². The third kappa shape index (κ3) is 4.26. The largest absolute Gasteiger partial charge is 0.424 e. The first kappa shape index (κ1) is 25.4. The highest BCUT2D eigenvalue weighted by molar-refractivity contribution is 7.89. The van der Waals surface area contributed by atoms with Crippen LogP contribution in [-0.2, 0) is 20.4 Å². The number of ether oxygens (including phenoxy) is 1. The van der Waals surface area contributed by atoms with Gasteiger partial charge in [0, 0.05) is 6.20 Å². The first-order valence-electron chi connectivity index (χ1n) is 12.2. The van der Waals surface area contributed by atoms with E-state index < -0.39 is 27.6 Å². The number of nitrogens with zero attached hydrogens (tertiary/aromatic N) is 3. The molecule has 0 bridgehead atoms. The molecule has 0 aliphatic carbocycles. The molecule has 4 aromatic rings. The van der Waals surface area contributed by atoms with E-state index in [0.29, 0.717) is 16.9 Å². The Morgan fingerprint density at radius 1 is 0.868 bits per heavy atom. The molecule has 2 atom stereocenters. The van der Waals surface area contributed by atoms with Gasteiger partial charge in [-0.25, -0.2) is 19.1 Å². The molecule has 3 aromatic carbocycles. The Hall–Kier alpha value is -4.30. The Bertz CT molecular complexity index is 1580. The highest BCUT2D eigenvalue weighted by Gasteiger charge is 2.58. The molecule has 1 aliphatic heterocycles. The molecule has 0 unspecified atom stereocenters. The number of esters is 1. The van der Waals surface area contributed by atoms with Crippen molar-refractivity contribution in [2.24, 2.45) is 4.99 Å². The summed E-state index contributed by atoms with van der Waals surface area (Å²) < 4.78 is 35.0. The number of pyridine rings is 1. The number of carbonyl (C=O) groups excluding carboxylic acids is 1. The summed E-state index contributed by atoms with van der Waals surface area (Å²) in [5.41, 5.74) is 2.03. The summed E-state index contributed by atoms with van der Waals surface area (Å²) in [4.78, 5) is 23.1. The van der Waals surface area contributed by atoms with E-state index in [0.717, 1.165) is 21.0 Å². The first-order chi connectivity index (χ1) is 18.2. The van der Waals surface area contributed by atoms with E-state index in [4.69, 9.17) is 4.74 Å². The van der Waals surface area contributed by atoms with Crippen LogP contribution in [0.3, 0.4) is 0 Å². The van der Waals surface area contributed by atoms with Gasteiger partial charge in [0.1, 0.15) is 18.1 Å². The SMILES string of the molecule is Cc1cc(C)c(OC(=O)[C@]2(c3ccccc3)N=CN(S(=O)(=O)c3ccccn3)[C@H]2c2ccccc2)c(C)c1. The Kier molecular flexibility index (Phi) is 6.59. The fraction of sp³-hybridized carbons (Fsp3) is 0.167. The molecule has 0 saturated heterocycles. The fourth-order valence-corrected chi connectivity index (χ4v) is 6.39. The monoisotopic (exact) mass is 525 g/mol. The predicted octanol–water partition coefficient (Wildman–Crippen LogP) is 5.28. The van der Waals surface area contributed by atoms with E-state index in [2.05, 4.69) is 9.98 Å². The van der Waals surface area contributed by atoms with Crippen molar-refractivity contribution in [3.8, 4) is 5.75 Å². The highest BCUT2D eigenvalue weighted by atomic mass is 32.2. The molecule has 8 heteroatoms. The van der Waals surface area contributed by atoms with E-state index in [-0.39, 0.29) is 5.03 Å². The number of carbonyl (C=O) groups is 1. The fourth-order valence-electron chi connectivity index (χ4n) is 5.01. The number of benzene rings is 3. The molecule has 1 aliphatic rings. The number of hydrogen-bond acceptors (Lipinski definition) is 6. The van der Waals surface area contributed by atoms with Crippen LogP contribution in [0.2, 0.25) is 0 Å². The first-order valence-corrected chi connectivity index (χ1v) is 13.6. The molecule has 0 N–H and O–H groups in total. The van der Waals surface area contributed by atoms with Crippen molar-refractivity contribution in [2.45, 2.75) is 37.4 Å². The van der Waals surface area contributed by atoms with Gasteiger partial charge in [-0.05, 0) is 55.2 Å². The summed E-state index contributed by atoms with van der Waals surface area (Å²) in [6.07, 6.45) is 2.63. The highest BCUT2D eigenvalue weighted by Crippen LogP contribution is 2.49. The molecule has 2 heterocycles. The Morgan fingerprint density at radius 2 is 1.47 bits per heavy atom. The molecule has 1 aromatic heterocycles. The van der Waals surface area contributed by atoms with E-state index >= 15 is 0 Å². The summed E-state index contributed by atoms with van der Waals surface area (Å²) in [7, 11) is -4.18. The second-order valence-electron chi connectivity index (χ2n) is 9.31. The topological polar surface area (TPSA) is 88.9 Å². The van der Waals surface area contributed by atoms with Gasteiger partial charge in [-0.15, -0.1) is 0 Å². The molecule has 0 radical (unpaired) electrons. The van der Waals surface area contributed by atoms with Crippen LogP contribution in [0.1, 0.15) is 33.9 Å². The standard InChI is InChI=1S/C30H27N3O4S/c1-21-18-22(2)27(23(3)19-21)37-29(34)30(25-14-8-5-9-15-25)28(24-12-6-4-7-13-24)33(20-32-30)38(35,36)26-16-10-11-17-31-26/h4-20,28H,1-3H3/t28-,30+/m0/s1. The molecule has 192 valence electrons. The number of rotatable bonds is 6. The van der Waals surface area contributed by atoms with Crippen molar-refractivity contribution in [1.29, 1.82) is 0 Å². The Labute approximate surface area is 222 Å². The molecule has 0 spiro atoms. The van der Waals surface area contributed by atoms with Gasteiger partial charge < -0.3 is 4.74 Å². The molecular weight excluding hydrogens is 498 g/mol. The lowest BCUT2D eigenvalue weighted by Crippen LogP contribution is -2.46. The van der Waals surface area contributed by atoms with E-state index in [1.807, 2.05) is 45.0 Å². The van der Waals surface area contributed by atoms with Gasteiger partial charge in [-0.1, -0.05) is 84.4 Å². The summed E-state index contributed by atoms with van der Waals surface area (Å²) in [6.45, 7) is 5.73. The number of aryl methyl sites for hydroxylation is 3. The maximum Gasteiger partial charge on any atom is 0.346 e. The summed E-state index contributed by atoms with van der Waals surface area (Å²) in [6, 6.07) is 25.4. The van der Waals surface area contributed by atoms with Gasteiger partial charge in [0.2, 0.25) is 5.54 Å². The van der Waals surface area contributed by atoms with Gasteiger partial charge in [0.15, 0.2) is 5.03 Å². The van der Waals surface area contributed by atoms with Gasteiger partial charge in [-0.3, -0.25) is 0 Å². The lowest BCUT2D eigenvalue weighted by molar-refractivity contribution is -0.142. The molecule has 0 saturated carbocycles. The second kappa shape index (κ2) is 9.87. The smallest absolute Gasteiger partial charge is 0.346 e. The molecule has 38 heavy (non-hydrogen) atoms. The van der Waals surface area contributed by atoms with Gasteiger partial charge in [-0.2, -0.15) is 8.42 Å². The normalized spacial score (nSPS) is 18.9. The molecule has 7 nitrogen and oxygen atoms in total. The van der Waals surface area contributed by atoms with E-state index in [1.165, 1.54) is 18.6 Å². The van der Waals surface area contributed by atoms with Crippen molar-refractivity contribution < 1.29 is 17.9 Å². The van der Waals surface area contributed by atoms with E-state index in [9.17, 15) is 13.2 Å². The third-order valence-electron chi connectivity index (χ3n) is 6.64. The summed E-state index contributed by atoms with van der Waals surface area (Å²) in [5, 5.41) is -0.144. The zero-order valence-corrected chi connectivity index (χ0v) is 22.1. The van der Waals surface area contributed by atoms with Crippen LogP contribution >= 0.6 is 0 Å². The number of aromatic nitrogens is 1. The van der Waals surface area contributed by atoms with Crippen LogP contribution in [0.5, 0.6) is 5.75 Å². The number of sulfonamides is 1. The van der Waals surface area contributed by atoms with Crippen LogP contribution in [-0.4, -0.2) is 30.0 Å². The molecule has 5 rings (SSSR count). The predicted molar refractivity (Wildman–Crippen MR) is 145 cm³/mol. The number of hydrogen-bond donors (Lipinski definition) is 0. The van der Waals surface area contributed by atoms with E-state index in [1.54, 1.807) is 60.7 Å². The quantitative estimate of drug-likeness (QED) is 0.252. The summed E-state index contributed by atoms with van der Waals surface area (Å²) >= 11 is 0. The Balaban J connectivity index is 1.72. The van der Waals surface area contributed by atoms with Crippen LogP contribution in [0, 0.1) is 20.8 Å². The average Bonchev–Trinajstić information content (AvgIpc) is 3.35. The molecular formula is C30H27N3O4S. The number of aliphatic imine (C=N–C) groups is 1. The maximum absolute atomic E-state index is 14.3. The average molecular weight is 526 g/mol. The minimum Gasteiger partial charge on any atom is -0.424 e. The zero-order valence-electron chi connectivity index (χ0n) is 21.3. The van der Waals surface area contributed by atoms with Gasteiger partial charge in [0.05, 0.1) is 0 Å². The van der Waals surface area contributed by atoms with Crippen LogP contribution in [0.4, 0.5) is 0 Å². The zero-order chi connectivity index (χ0) is 26.9. The Morgan fingerprint density at radius 3 is 2.08 bits per heavy atom. The van der Waals surface area contributed by atoms with Crippen molar-refractivity contribution in [2.75, 3.05) is 0 Å². The van der Waals surface area contributed by atoms with Gasteiger partial charge in [0.25, 0.3) is 10.0 Å². The van der Waals surface area contributed by atoms with Crippen molar-refractivity contribution >= 4 is 22.3 Å². The molecule has 0 fully saturated rings. The minimum absolute atomic E-state index is 0.144. The van der Waals surface area contributed by atoms with Crippen molar-refractivity contribution in [3.05, 3.63) is 125 Å². The van der Waals surface area contributed by atoms with Crippen molar-refractivity contribution in [3.63, 3.8) is 0 Å². The third-order valence-corrected chi connectivity index (χ3v) is 8.28. The minimum atomic E-state index is -4.18.